The number of carboxylic acids is 1. The van der Waals surface area contributed by atoms with Crippen molar-refractivity contribution in [3.8, 4) is 0 Å². The fraction of sp³-hybridized carbons (Fsp3) is 0.571. The van der Waals surface area contributed by atoms with Crippen LogP contribution in [0.5, 0.6) is 0 Å². The van der Waals surface area contributed by atoms with E-state index in [1.807, 2.05) is 4.72 Å². The molecule has 1 aromatic rings. The van der Waals surface area contributed by atoms with Crippen LogP contribution in [0.3, 0.4) is 0 Å². The topological polar surface area (TPSA) is 134 Å². The molecule has 9 nitrogen and oxygen atoms in total. The molecular formula is C7H11BrN4O5S. The highest BCUT2D eigenvalue weighted by molar-refractivity contribution is 9.10. The van der Waals surface area contributed by atoms with Gasteiger partial charge in [-0.1, -0.05) is 5.21 Å². The highest BCUT2D eigenvalue weighted by atomic mass is 79.9. The maximum absolute atomic E-state index is 11.9. The number of nitrogens with zero attached hydrogens (tertiary/aromatic N) is 3. The maximum Gasteiger partial charge on any atom is 0.321 e. The van der Waals surface area contributed by atoms with Crippen LogP contribution in [0.4, 0.5) is 0 Å². The van der Waals surface area contributed by atoms with Crippen molar-refractivity contribution in [3.05, 3.63) is 4.60 Å². The van der Waals surface area contributed by atoms with Gasteiger partial charge in [0.15, 0.2) is 4.60 Å². The summed E-state index contributed by atoms with van der Waals surface area (Å²) in [5, 5.41) is 24.2. The van der Waals surface area contributed by atoms with Crippen molar-refractivity contribution in [2.75, 3.05) is 6.61 Å². The van der Waals surface area contributed by atoms with Crippen molar-refractivity contribution in [1.29, 1.82) is 0 Å². The van der Waals surface area contributed by atoms with E-state index in [0.29, 0.717) is 0 Å². The zero-order valence-electron chi connectivity index (χ0n) is 9.24. The van der Waals surface area contributed by atoms with E-state index in [1.54, 1.807) is 0 Å². The van der Waals surface area contributed by atoms with Crippen molar-refractivity contribution in [2.45, 2.75) is 17.5 Å². The molecule has 1 atom stereocenters. The molecule has 0 spiro atoms. The summed E-state index contributed by atoms with van der Waals surface area (Å²) in [6.45, 7) is -0.454. The van der Waals surface area contributed by atoms with E-state index in [9.17, 15) is 13.2 Å². The minimum absolute atomic E-state index is 0.0226. The fourth-order valence-electron chi connectivity index (χ4n) is 1.21. The maximum atomic E-state index is 11.9. The molecule has 11 heteroatoms. The second kappa shape index (κ2) is 5.73. The average Bonchev–Trinajstić information content (AvgIpc) is 2.58. The highest BCUT2D eigenvalue weighted by Gasteiger charge is 2.29. The lowest BCUT2D eigenvalue weighted by atomic mass is 10.2. The largest absolute Gasteiger partial charge is 0.480 e. The summed E-state index contributed by atoms with van der Waals surface area (Å²) in [5.41, 5.74) is 0. The fourth-order valence-corrected chi connectivity index (χ4v) is 3.53. The average molecular weight is 343 g/mol. The second-order valence-corrected chi connectivity index (χ2v) is 5.71. The predicted octanol–water partition coefficient (Wildman–Crippen LogP) is -1.31. The summed E-state index contributed by atoms with van der Waals surface area (Å²) >= 11 is 2.91. The van der Waals surface area contributed by atoms with Crippen molar-refractivity contribution in [1.82, 2.24) is 19.7 Å². The number of aliphatic carboxylic acids is 1. The Kier molecular flexibility index (Phi) is 4.78. The van der Waals surface area contributed by atoms with Gasteiger partial charge in [0.05, 0.1) is 0 Å². The van der Waals surface area contributed by atoms with Crippen LogP contribution in [-0.4, -0.2) is 52.2 Å². The van der Waals surface area contributed by atoms with Crippen molar-refractivity contribution < 1.29 is 23.4 Å². The van der Waals surface area contributed by atoms with Gasteiger partial charge in [-0.25, -0.2) is 13.1 Å². The van der Waals surface area contributed by atoms with E-state index >= 15 is 0 Å². The number of aromatic nitrogens is 3. The van der Waals surface area contributed by atoms with Gasteiger partial charge in [-0.15, -0.1) is 5.10 Å². The number of aliphatic hydroxyl groups excluding tert-OH is 1. The van der Waals surface area contributed by atoms with Gasteiger partial charge in [-0.3, -0.25) is 4.79 Å². The third-order valence-electron chi connectivity index (χ3n) is 2.00. The summed E-state index contributed by atoms with van der Waals surface area (Å²) in [5.74, 6) is -1.38. The van der Waals surface area contributed by atoms with Gasteiger partial charge >= 0.3 is 5.97 Å². The Morgan fingerprint density at radius 3 is 2.61 bits per heavy atom. The van der Waals surface area contributed by atoms with Crippen LogP contribution in [0.2, 0.25) is 0 Å². The molecule has 0 saturated heterocycles. The Bertz CT molecular complexity index is 523. The van der Waals surface area contributed by atoms with Crippen LogP contribution in [0.15, 0.2) is 9.63 Å². The summed E-state index contributed by atoms with van der Waals surface area (Å²) in [6.07, 6.45) is -0.239. The quantitative estimate of drug-likeness (QED) is 0.584. The van der Waals surface area contributed by atoms with Gasteiger partial charge in [-0.05, 0) is 22.4 Å². The number of hydrogen-bond acceptors (Lipinski definition) is 6. The van der Waals surface area contributed by atoms with Gasteiger partial charge in [0.2, 0.25) is 5.03 Å². The molecule has 0 fully saturated rings. The Morgan fingerprint density at radius 1 is 1.61 bits per heavy atom. The van der Waals surface area contributed by atoms with Gasteiger partial charge in [0.25, 0.3) is 10.0 Å². The molecule has 102 valence electrons. The molecule has 0 saturated carbocycles. The molecule has 0 radical (unpaired) electrons. The first-order valence-corrected chi connectivity index (χ1v) is 6.98. The lowest BCUT2D eigenvalue weighted by molar-refractivity contribution is -0.139. The highest BCUT2D eigenvalue weighted by Crippen LogP contribution is 2.18. The van der Waals surface area contributed by atoms with Crippen LogP contribution in [0.25, 0.3) is 0 Å². The van der Waals surface area contributed by atoms with Gasteiger partial charge in [0, 0.05) is 13.7 Å². The van der Waals surface area contributed by atoms with Gasteiger partial charge in [-0.2, -0.15) is 4.72 Å². The molecule has 1 aromatic heterocycles. The zero-order valence-corrected chi connectivity index (χ0v) is 11.6. The minimum Gasteiger partial charge on any atom is -0.480 e. The molecule has 18 heavy (non-hydrogen) atoms. The van der Waals surface area contributed by atoms with Crippen molar-refractivity contribution in [3.63, 3.8) is 0 Å². The summed E-state index contributed by atoms with van der Waals surface area (Å²) in [6, 6.07) is -1.42. The molecule has 0 aromatic carbocycles. The number of sulfonamides is 1. The Labute approximate surface area is 111 Å². The van der Waals surface area contributed by atoms with E-state index in [0.717, 1.165) is 4.68 Å². The number of rotatable bonds is 6. The van der Waals surface area contributed by atoms with E-state index < -0.39 is 28.6 Å². The van der Waals surface area contributed by atoms with Crippen LogP contribution in [-0.2, 0) is 21.9 Å². The van der Waals surface area contributed by atoms with E-state index in [2.05, 4.69) is 26.2 Å². The first kappa shape index (κ1) is 15.0. The van der Waals surface area contributed by atoms with E-state index in [-0.39, 0.29) is 16.0 Å². The minimum atomic E-state index is -4.10. The molecule has 1 unspecified atom stereocenters. The zero-order chi connectivity index (χ0) is 13.9. The lowest BCUT2D eigenvalue weighted by Crippen LogP contribution is -2.42. The molecule has 0 aliphatic carbocycles. The number of carbonyl (C=O) groups is 1. The predicted molar refractivity (Wildman–Crippen MR) is 62.2 cm³/mol. The number of halogens is 1. The van der Waals surface area contributed by atoms with Crippen LogP contribution >= 0.6 is 15.9 Å². The summed E-state index contributed by atoms with van der Waals surface area (Å²) in [4.78, 5) is 10.8. The summed E-state index contributed by atoms with van der Waals surface area (Å²) in [7, 11) is -2.74. The molecule has 0 bridgehead atoms. The normalized spacial score (nSPS) is 13.5. The molecule has 0 aliphatic heterocycles. The first-order chi connectivity index (χ1) is 8.29. The SMILES string of the molecule is Cn1nnc(Br)c1S(=O)(=O)NC(CCO)C(=O)O. The van der Waals surface area contributed by atoms with Crippen molar-refractivity contribution >= 4 is 31.9 Å². The second-order valence-electron chi connectivity index (χ2n) is 3.33. The molecule has 1 rings (SSSR count). The standard InChI is InChI=1S/C7H11BrN4O5S/c1-12-6(5(8)9-11-12)18(16,17)10-4(2-3-13)7(14)15/h4,10,13H,2-3H2,1H3,(H,14,15). The van der Waals surface area contributed by atoms with Crippen LogP contribution in [0, 0.1) is 0 Å². The Hall–Kier alpha value is -1.04. The first-order valence-electron chi connectivity index (χ1n) is 4.70. The Balaban J connectivity index is 3.05. The molecule has 3 N–H and O–H groups in total. The van der Waals surface area contributed by atoms with E-state index in [1.165, 1.54) is 7.05 Å². The summed E-state index contributed by atoms with van der Waals surface area (Å²) < 4.78 is 26.8. The smallest absolute Gasteiger partial charge is 0.321 e. The number of aryl methyl sites for hydroxylation is 1. The molecule has 0 amide bonds. The third-order valence-corrected chi connectivity index (χ3v) is 4.36. The Morgan fingerprint density at radius 2 is 2.22 bits per heavy atom. The molecular weight excluding hydrogens is 332 g/mol. The third kappa shape index (κ3) is 3.25. The molecule has 1 heterocycles. The number of hydrogen-bond donors (Lipinski definition) is 3. The monoisotopic (exact) mass is 342 g/mol. The molecule has 0 aliphatic rings. The number of nitrogens with one attached hydrogen (secondary N) is 1. The van der Waals surface area contributed by atoms with Gasteiger partial charge in [0.1, 0.15) is 6.04 Å². The van der Waals surface area contributed by atoms with Crippen LogP contribution in [0.1, 0.15) is 6.42 Å². The number of aliphatic hydroxyl groups is 1. The van der Waals surface area contributed by atoms with E-state index in [4.69, 9.17) is 10.2 Å². The number of carboxylic acid groups (broad SMARTS) is 1. The van der Waals surface area contributed by atoms with Crippen molar-refractivity contribution in [2.24, 2.45) is 7.05 Å². The van der Waals surface area contributed by atoms with Crippen LogP contribution < -0.4 is 4.72 Å². The van der Waals surface area contributed by atoms with Gasteiger partial charge < -0.3 is 10.2 Å². The lowest BCUT2D eigenvalue weighted by Gasteiger charge is -2.13.